The molecule has 1 aromatic carbocycles. The lowest BCUT2D eigenvalue weighted by molar-refractivity contribution is 0.0719. The van der Waals surface area contributed by atoms with Crippen molar-refractivity contribution >= 4 is 5.91 Å². The number of rotatable bonds is 6. The zero-order valence-electron chi connectivity index (χ0n) is 15.6. The second kappa shape index (κ2) is 7.35. The molecule has 0 bridgehead atoms. The van der Waals surface area contributed by atoms with Crippen LogP contribution in [-0.2, 0) is 6.54 Å². The molecule has 5 heteroatoms. The molecule has 0 N–H and O–H groups in total. The van der Waals surface area contributed by atoms with Crippen molar-refractivity contribution in [3.63, 3.8) is 0 Å². The predicted octanol–water partition coefficient (Wildman–Crippen LogP) is 4.66. The molecule has 1 saturated carbocycles. The molecule has 0 unspecified atom stereocenters. The molecular formula is C22H23N3O2. The highest BCUT2D eigenvalue weighted by Crippen LogP contribution is 2.30. The molecule has 0 atom stereocenters. The van der Waals surface area contributed by atoms with Gasteiger partial charge in [0.2, 0.25) is 0 Å². The Bertz CT molecular complexity index is 912. The van der Waals surface area contributed by atoms with Crippen molar-refractivity contribution in [1.82, 2.24) is 15.0 Å². The standard InChI is InChI=1S/C22H23N3O2/c1-15(2)17-7-5-16(6-8-17)14-25(19-9-10-19)22(26)20-12-21(27-24-20)18-4-3-11-23-13-18/h3-8,11-13,15,19H,9-10,14H2,1-2H3. The van der Waals surface area contributed by atoms with E-state index in [2.05, 4.69) is 48.3 Å². The maximum absolute atomic E-state index is 13.0. The van der Waals surface area contributed by atoms with Gasteiger partial charge in [-0.1, -0.05) is 43.3 Å². The van der Waals surface area contributed by atoms with E-state index >= 15 is 0 Å². The van der Waals surface area contributed by atoms with Crippen LogP contribution >= 0.6 is 0 Å². The minimum atomic E-state index is -0.0793. The van der Waals surface area contributed by atoms with Gasteiger partial charge in [-0.2, -0.15) is 0 Å². The zero-order valence-corrected chi connectivity index (χ0v) is 15.6. The van der Waals surface area contributed by atoms with Crippen LogP contribution < -0.4 is 0 Å². The Morgan fingerprint density at radius 2 is 2.00 bits per heavy atom. The quantitative estimate of drug-likeness (QED) is 0.640. The number of hydrogen-bond acceptors (Lipinski definition) is 4. The van der Waals surface area contributed by atoms with Crippen molar-refractivity contribution in [3.05, 3.63) is 71.7 Å². The third-order valence-electron chi connectivity index (χ3n) is 4.92. The van der Waals surface area contributed by atoms with Crippen molar-refractivity contribution in [3.8, 4) is 11.3 Å². The molecule has 1 amide bonds. The van der Waals surface area contributed by atoms with E-state index in [4.69, 9.17) is 4.52 Å². The maximum atomic E-state index is 13.0. The predicted molar refractivity (Wildman–Crippen MR) is 103 cm³/mol. The molecule has 27 heavy (non-hydrogen) atoms. The molecule has 2 aromatic heterocycles. The summed E-state index contributed by atoms with van der Waals surface area (Å²) in [7, 11) is 0. The Labute approximate surface area is 159 Å². The molecule has 3 aromatic rings. The summed E-state index contributed by atoms with van der Waals surface area (Å²) in [5.41, 5.74) is 3.60. The summed E-state index contributed by atoms with van der Waals surface area (Å²) < 4.78 is 5.38. The molecule has 0 radical (unpaired) electrons. The lowest BCUT2D eigenvalue weighted by atomic mass is 10.0. The van der Waals surface area contributed by atoms with E-state index in [0.29, 0.717) is 30.0 Å². The van der Waals surface area contributed by atoms with Crippen LogP contribution in [0, 0.1) is 0 Å². The Hall–Kier alpha value is -2.95. The molecule has 5 nitrogen and oxygen atoms in total. The normalized spacial score (nSPS) is 13.7. The summed E-state index contributed by atoms with van der Waals surface area (Å²) in [5.74, 6) is 0.981. The van der Waals surface area contributed by atoms with E-state index < -0.39 is 0 Å². The number of carbonyl (C=O) groups excluding carboxylic acids is 1. The average Bonchev–Trinajstić information content (AvgIpc) is 3.42. The first kappa shape index (κ1) is 17.5. The molecule has 2 heterocycles. The molecule has 1 aliphatic carbocycles. The van der Waals surface area contributed by atoms with Gasteiger partial charge in [-0.15, -0.1) is 0 Å². The smallest absolute Gasteiger partial charge is 0.276 e. The van der Waals surface area contributed by atoms with E-state index in [9.17, 15) is 4.79 Å². The SMILES string of the molecule is CC(C)c1ccc(CN(C(=O)c2cc(-c3cccnc3)on2)C2CC2)cc1. The number of amides is 1. The van der Waals surface area contributed by atoms with E-state index in [-0.39, 0.29) is 5.91 Å². The fourth-order valence-corrected chi connectivity index (χ4v) is 3.13. The summed E-state index contributed by atoms with van der Waals surface area (Å²) in [6.45, 7) is 4.95. The average molecular weight is 361 g/mol. The first-order chi connectivity index (χ1) is 13.1. The van der Waals surface area contributed by atoms with Gasteiger partial charge >= 0.3 is 0 Å². The van der Waals surface area contributed by atoms with Crippen molar-refractivity contribution < 1.29 is 9.32 Å². The lowest BCUT2D eigenvalue weighted by Gasteiger charge is -2.21. The number of hydrogen-bond donors (Lipinski definition) is 0. The number of nitrogens with zero attached hydrogens (tertiary/aromatic N) is 3. The van der Waals surface area contributed by atoms with Gasteiger partial charge in [-0.25, -0.2) is 0 Å². The highest BCUT2D eigenvalue weighted by atomic mass is 16.5. The van der Waals surface area contributed by atoms with Crippen LogP contribution in [0.15, 0.2) is 59.4 Å². The molecule has 4 rings (SSSR count). The van der Waals surface area contributed by atoms with Gasteiger partial charge in [-0.05, 0) is 42.0 Å². The second-order valence-electron chi connectivity index (χ2n) is 7.38. The van der Waals surface area contributed by atoms with Gasteiger partial charge in [-0.3, -0.25) is 9.78 Å². The van der Waals surface area contributed by atoms with Crippen molar-refractivity contribution in [2.45, 2.75) is 45.2 Å². The first-order valence-electron chi connectivity index (χ1n) is 9.39. The molecule has 138 valence electrons. The van der Waals surface area contributed by atoms with Gasteiger partial charge in [0.15, 0.2) is 11.5 Å². The molecule has 0 spiro atoms. The minimum absolute atomic E-state index is 0.0793. The fourth-order valence-electron chi connectivity index (χ4n) is 3.13. The minimum Gasteiger partial charge on any atom is -0.355 e. The summed E-state index contributed by atoms with van der Waals surface area (Å²) in [4.78, 5) is 19.0. The Kier molecular flexibility index (Phi) is 4.75. The number of pyridine rings is 1. The summed E-state index contributed by atoms with van der Waals surface area (Å²) in [6, 6.07) is 14.2. The largest absolute Gasteiger partial charge is 0.355 e. The lowest BCUT2D eigenvalue weighted by Crippen LogP contribution is -2.32. The highest BCUT2D eigenvalue weighted by molar-refractivity contribution is 5.93. The van der Waals surface area contributed by atoms with Crippen LogP contribution in [0.4, 0.5) is 0 Å². The van der Waals surface area contributed by atoms with Crippen molar-refractivity contribution in [1.29, 1.82) is 0 Å². The van der Waals surface area contributed by atoms with Crippen LogP contribution in [0.3, 0.4) is 0 Å². The third-order valence-corrected chi connectivity index (χ3v) is 4.92. The van der Waals surface area contributed by atoms with Gasteiger partial charge in [0.1, 0.15) is 0 Å². The van der Waals surface area contributed by atoms with Crippen molar-refractivity contribution in [2.75, 3.05) is 0 Å². The Morgan fingerprint density at radius 3 is 2.63 bits per heavy atom. The highest BCUT2D eigenvalue weighted by Gasteiger charge is 2.34. The second-order valence-corrected chi connectivity index (χ2v) is 7.38. The molecule has 0 saturated heterocycles. The number of aromatic nitrogens is 2. The van der Waals surface area contributed by atoms with Crippen LogP contribution in [0.1, 0.15) is 54.2 Å². The number of carbonyl (C=O) groups is 1. The van der Waals surface area contributed by atoms with Crippen LogP contribution in [0.5, 0.6) is 0 Å². The molecular weight excluding hydrogens is 338 g/mol. The molecule has 1 aliphatic rings. The van der Waals surface area contributed by atoms with Crippen molar-refractivity contribution in [2.24, 2.45) is 0 Å². The Morgan fingerprint density at radius 1 is 1.22 bits per heavy atom. The zero-order chi connectivity index (χ0) is 18.8. The fraction of sp³-hybridized carbons (Fsp3) is 0.318. The van der Waals surface area contributed by atoms with Gasteiger partial charge < -0.3 is 9.42 Å². The van der Waals surface area contributed by atoms with E-state index in [1.165, 1.54) is 5.56 Å². The third kappa shape index (κ3) is 3.92. The van der Waals surface area contributed by atoms with E-state index in [0.717, 1.165) is 24.0 Å². The molecule has 1 fully saturated rings. The van der Waals surface area contributed by atoms with Crippen LogP contribution in [0.2, 0.25) is 0 Å². The maximum Gasteiger partial charge on any atom is 0.276 e. The van der Waals surface area contributed by atoms with E-state index in [1.54, 1.807) is 18.5 Å². The first-order valence-corrected chi connectivity index (χ1v) is 9.39. The van der Waals surface area contributed by atoms with E-state index in [1.807, 2.05) is 17.0 Å². The summed E-state index contributed by atoms with van der Waals surface area (Å²) in [6.07, 6.45) is 5.49. The van der Waals surface area contributed by atoms with Crippen LogP contribution in [-0.4, -0.2) is 27.0 Å². The summed E-state index contributed by atoms with van der Waals surface area (Å²) >= 11 is 0. The van der Waals surface area contributed by atoms with Crippen LogP contribution in [0.25, 0.3) is 11.3 Å². The van der Waals surface area contributed by atoms with Gasteiger partial charge in [0, 0.05) is 36.6 Å². The molecule has 0 aliphatic heterocycles. The number of benzene rings is 1. The van der Waals surface area contributed by atoms with Gasteiger partial charge in [0.25, 0.3) is 5.91 Å². The monoisotopic (exact) mass is 361 g/mol. The Balaban J connectivity index is 1.52. The summed E-state index contributed by atoms with van der Waals surface area (Å²) in [5, 5.41) is 4.01. The van der Waals surface area contributed by atoms with Gasteiger partial charge in [0.05, 0.1) is 0 Å². The topological polar surface area (TPSA) is 59.2 Å².